The normalized spacial score (nSPS) is 16.8. The van der Waals surface area contributed by atoms with Crippen LogP contribution in [0.5, 0.6) is 0 Å². The van der Waals surface area contributed by atoms with E-state index in [-0.39, 0.29) is 12.1 Å². The molecule has 1 amide bonds. The van der Waals surface area contributed by atoms with E-state index in [0.29, 0.717) is 12.8 Å². The monoisotopic (exact) mass is 281 g/mol. The van der Waals surface area contributed by atoms with Gasteiger partial charge in [-0.25, -0.2) is 9.59 Å². The molecule has 0 saturated heterocycles. The summed E-state index contributed by atoms with van der Waals surface area (Å²) in [5, 5.41) is 11.7. The van der Waals surface area contributed by atoms with Crippen LogP contribution in [0.3, 0.4) is 0 Å². The second kappa shape index (κ2) is 5.32. The summed E-state index contributed by atoms with van der Waals surface area (Å²) in [6.45, 7) is 0. The van der Waals surface area contributed by atoms with Crippen LogP contribution in [0.2, 0.25) is 0 Å². The molecule has 20 heavy (non-hydrogen) atoms. The maximum atomic E-state index is 11.9. The molecular formula is C12H15N3O5. The lowest BCUT2D eigenvalue weighted by Gasteiger charge is -2.25. The van der Waals surface area contributed by atoms with Crippen LogP contribution < -0.4 is 16.6 Å². The Hall–Kier alpha value is -2.38. The van der Waals surface area contributed by atoms with Gasteiger partial charge in [-0.1, -0.05) is 12.8 Å². The summed E-state index contributed by atoms with van der Waals surface area (Å²) in [7, 11) is 0. The zero-order chi connectivity index (χ0) is 14.8. The summed E-state index contributed by atoms with van der Waals surface area (Å²) in [6, 6.07) is 1.10. The summed E-state index contributed by atoms with van der Waals surface area (Å²) in [5.41, 5.74) is -2.38. The van der Waals surface area contributed by atoms with Crippen LogP contribution in [-0.4, -0.2) is 32.5 Å². The first-order valence-corrected chi connectivity index (χ1v) is 6.28. The Labute approximate surface area is 113 Å². The fourth-order valence-corrected chi connectivity index (χ4v) is 2.47. The van der Waals surface area contributed by atoms with E-state index < -0.39 is 28.7 Å². The lowest BCUT2D eigenvalue weighted by molar-refractivity contribution is -0.147. The zero-order valence-electron chi connectivity index (χ0n) is 10.7. The van der Waals surface area contributed by atoms with Gasteiger partial charge in [-0.15, -0.1) is 0 Å². The Morgan fingerprint density at radius 1 is 1.25 bits per heavy atom. The summed E-state index contributed by atoms with van der Waals surface area (Å²) in [4.78, 5) is 49.7. The average molecular weight is 281 g/mol. The highest BCUT2D eigenvalue weighted by atomic mass is 16.4. The van der Waals surface area contributed by atoms with Gasteiger partial charge in [-0.05, 0) is 12.8 Å². The fraction of sp³-hybridized carbons (Fsp3) is 0.500. The van der Waals surface area contributed by atoms with Crippen molar-refractivity contribution in [3.8, 4) is 0 Å². The number of rotatable bonds is 4. The van der Waals surface area contributed by atoms with Gasteiger partial charge >= 0.3 is 11.7 Å². The smallest absolute Gasteiger partial charge is 0.329 e. The molecule has 1 aliphatic carbocycles. The molecule has 8 heteroatoms. The summed E-state index contributed by atoms with van der Waals surface area (Å²) >= 11 is 0. The minimum Gasteiger partial charge on any atom is -0.480 e. The van der Waals surface area contributed by atoms with Gasteiger partial charge in [0.2, 0.25) is 5.91 Å². The van der Waals surface area contributed by atoms with Crippen LogP contribution >= 0.6 is 0 Å². The van der Waals surface area contributed by atoms with Crippen molar-refractivity contribution in [1.29, 1.82) is 0 Å². The number of H-pyrrole nitrogens is 2. The molecule has 1 aliphatic rings. The largest absolute Gasteiger partial charge is 0.480 e. The number of carboxylic acids is 1. The molecule has 1 fully saturated rings. The molecule has 1 heterocycles. The second-order valence-corrected chi connectivity index (χ2v) is 4.93. The lowest BCUT2D eigenvalue weighted by Crippen LogP contribution is -2.53. The maximum Gasteiger partial charge on any atom is 0.329 e. The molecule has 0 unspecified atom stereocenters. The zero-order valence-corrected chi connectivity index (χ0v) is 10.7. The van der Waals surface area contributed by atoms with E-state index in [4.69, 9.17) is 0 Å². The summed E-state index contributed by atoms with van der Waals surface area (Å²) in [6.07, 6.45) is 2.02. The standard InChI is InChI=1S/C12H15N3O5/c16-8-5-7(13-11(20)14-8)6-9(17)15-12(10(18)19)3-1-2-4-12/h5H,1-4,6H2,(H,15,17)(H,18,19)(H2,13,14,16,20). The van der Waals surface area contributed by atoms with Crippen molar-refractivity contribution in [3.63, 3.8) is 0 Å². The third-order valence-electron chi connectivity index (χ3n) is 3.41. The maximum absolute atomic E-state index is 11.9. The van der Waals surface area contributed by atoms with Crippen molar-refractivity contribution < 1.29 is 14.7 Å². The number of carboxylic acid groups (broad SMARTS) is 1. The van der Waals surface area contributed by atoms with Gasteiger partial charge in [0.15, 0.2) is 0 Å². The van der Waals surface area contributed by atoms with Crippen molar-refractivity contribution in [2.45, 2.75) is 37.6 Å². The van der Waals surface area contributed by atoms with Crippen molar-refractivity contribution >= 4 is 11.9 Å². The molecule has 0 aromatic carbocycles. The van der Waals surface area contributed by atoms with Gasteiger partial charge in [-0.2, -0.15) is 0 Å². The van der Waals surface area contributed by atoms with Crippen molar-refractivity contribution in [1.82, 2.24) is 15.3 Å². The minimum atomic E-state index is -1.22. The van der Waals surface area contributed by atoms with E-state index in [0.717, 1.165) is 18.9 Å². The van der Waals surface area contributed by atoms with Crippen molar-refractivity contribution in [2.75, 3.05) is 0 Å². The highest BCUT2D eigenvalue weighted by Crippen LogP contribution is 2.29. The molecule has 0 spiro atoms. The number of hydrogen-bond donors (Lipinski definition) is 4. The second-order valence-electron chi connectivity index (χ2n) is 4.93. The SMILES string of the molecule is O=C(Cc1cc(=O)[nH]c(=O)[nH]1)NC1(C(=O)O)CCCC1. The Balaban J connectivity index is 2.10. The molecule has 108 valence electrons. The summed E-state index contributed by atoms with van der Waals surface area (Å²) in [5.74, 6) is -1.58. The quantitative estimate of drug-likeness (QED) is 0.569. The van der Waals surface area contributed by atoms with Gasteiger partial charge < -0.3 is 15.4 Å². The average Bonchev–Trinajstić information content (AvgIpc) is 2.76. The third kappa shape index (κ3) is 2.95. The molecule has 1 aromatic heterocycles. The molecule has 0 atom stereocenters. The molecule has 1 aromatic rings. The molecule has 4 N–H and O–H groups in total. The molecule has 1 saturated carbocycles. The number of hydrogen-bond acceptors (Lipinski definition) is 4. The van der Waals surface area contributed by atoms with Crippen LogP contribution in [-0.2, 0) is 16.0 Å². The van der Waals surface area contributed by atoms with Gasteiger partial charge in [-0.3, -0.25) is 14.6 Å². The summed E-state index contributed by atoms with van der Waals surface area (Å²) < 4.78 is 0. The highest BCUT2D eigenvalue weighted by molar-refractivity contribution is 5.88. The van der Waals surface area contributed by atoms with E-state index in [9.17, 15) is 24.3 Å². The van der Waals surface area contributed by atoms with E-state index >= 15 is 0 Å². The molecule has 0 bridgehead atoms. The first kappa shape index (κ1) is 14.0. The minimum absolute atomic E-state index is 0.148. The molecule has 0 aliphatic heterocycles. The molecule has 0 radical (unpaired) electrons. The first-order valence-electron chi connectivity index (χ1n) is 6.28. The molecule has 2 rings (SSSR count). The predicted molar refractivity (Wildman–Crippen MR) is 68.4 cm³/mol. The third-order valence-corrected chi connectivity index (χ3v) is 3.41. The number of aromatic amines is 2. The number of aromatic nitrogens is 2. The first-order chi connectivity index (χ1) is 9.41. The number of aliphatic carboxylic acids is 1. The Morgan fingerprint density at radius 3 is 2.45 bits per heavy atom. The van der Waals surface area contributed by atoms with Crippen LogP contribution in [0.25, 0.3) is 0 Å². The number of amides is 1. The van der Waals surface area contributed by atoms with Crippen molar-refractivity contribution in [2.24, 2.45) is 0 Å². The van der Waals surface area contributed by atoms with E-state index in [1.165, 1.54) is 0 Å². The number of carbonyl (C=O) groups excluding carboxylic acids is 1. The van der Waals surface area contributed by atoms with Crippen LogP contribution in [0, 0.1) is 0 Å². The van der Waals surface area contributed by atoms with Crippen LogP contribution in [0.1, 0.15) is 31.4 Å². The Bertz CT molecular complexity index is 611. The van der Waals surface area contributed by atoms with Gasteiger partial charge in [0.1, 0.15) is 5.54 Å². The van der Waals surface area contributed by atoms with Gasteiger partial charge in [0.05, 0.1) is 6.42 Å². The number of nitrogens with one attached hydrogen (secondary N) is 3. The predicted octanol–water partition coefficient (Wildman–Crippen LogP) is -0.881. The van der Waals surface area contributed by atoms with Gasteiger partial charge in [0, 0.05) is 11.8 Å². The van der Waals surface area contributed by atoms with Crippen LogP contribution in [0.4, 0.5) is 0 Å². The Morgan fingerprint density at radius 2 is 1.90 bits per heavy atom. The van der Waals surface area contributed by atoms with E-state index in [2.05, 4.69) is 10.3 Å². The Kier molecular flexibility index (Phi) is 3.73. The van der Waals surface area contributed by atoms with Gasteiger partial charge in [0.25, 0.3) is 5.56 Å². The molecule has 8 nitrogen and oxygen atoms in total. The fourth-order valence-electron chi connectivity index (χ4n) is 2.47. The lowest BCUT2D eigenvalue weighted by atomic mass is 9.97. The number of carbonyl (C=O) groups is 2. The van der Waals surface area contributed by atoms with Crippen molar-refractivity contribution in [3.05, 3.63) is 32.6 Å². The van der Waals surface area contributed by atoms with E-state index in [1.54, 1.807) is 0 Å². The molecular weight excluding hydrogens is 266 g/mol. The highest BCUT2D eigenvalue weighted by Gasteiger charge is 2.42. The topological polar surface area (TPSA) is 132 Å². The van der Waals surface area contributed by atoms with Crippen LogP contribution in [0.15, 0.2) is 15.7 Å². The van der Waals surface area contributed by atoms with E-state index in [1.807, 2.05) is 4.98 Å².